The Balaban J connectivity index is 2.75. The molecule has 80 valence electrons. The van der Waals surface area contributed by atoms with Gasteiger partial charge in [0.2, 0.25) is 0 Å². The Labute approximate surface area is 91.3 Å². The van der Waals surface area contributed by atoms with Gasteiger partial charge in [0.05, 0.1) is 6.20 Å². The third-order valence-corrected chi connectivity index (χ3v) is 3.68. The summed E-state index contributed by atoms with van der Waals surface area (Å²) in [7, 11) is 1.94. The van der Waals surface area contributed by atoms with Gasteiger partial charge in [-0.2, -0.15) is 5.10 Å². The molecule has 1 aromatic rings. The molecule has 0 N–H and O–H groups in total. The minimum absolute atomic E-state index is 0.171. The van der Waals surface area contributed by atoms with E-state index in [-0.39, 0.29) is 5.41 Å². The lowest BCUT2D eigenvalue weighted by atomic mass is 9.76. The van der Waals surface area contributed by atoms with Gasteiger partial charge in [0.15, 0.2) is 0 Å². The van der Waals surface area contributed by atoms with Crippen molar-refractivity contribution in [3.05, 3.63) is 18.0 Å². The molecule has 0 radical (unpaired) electrons. The monoisotopic (exact) mass is 214 g/mol. The van der Waals surface area contributed by atoms with Crippen molar-refractivity contribution >= 4 is 11.6 Å². The second-order valence-electron chi connectivity index (χ2n) is 4.64. The Kier molecular flexibility index (Phi) is 3.59. The molecule has 0 aliphatic rings. The van der Waals surface area contributed by atoms with E-state index >= 15 is 0 Å². The number of alkyl halides is 1. The van der Waals surface area contributed by atoms with E-state index in [4.69, 9.17) is 11.6 Å². The van der Waals surface area contributed by atoms with E-state index in [1.54, 1.807) is 0 Å². The fourth-order valence-electron chi connectivity index (χ4n) is 1.44. The third kappa shape index (κ3) is 2.50. The molecular formula is C11H19ClN2. The van der Waals surface area contributed by atoms with Crippen molar-refractivity contribution in [1.29, 1.82) is 0 Å². The van der Waals surface area contributed by atoms with Gasteiger partial charge in [-0.05, 0) is 23.3 Å². The lowest BCUT2D eigenvalue weighted by molar-refractivity contribution is 0.253. The van der Waals surface area contributed by atoms with Crippen molar-refractivity contribution in [2.45, 2.75) is 27.2 Å². The van der Waals surface area contributed by atoms with E-state index in [0.29, 0.717) is 11.8 Å². The number of nitrogens with zero attached hydrogens (tertiary/aromatic N) is 2. The predicted octanol–water partition coefficient (Wildman–Crippen LogP) is 2.86. The minimum Gasteiger partial charge on any atom is -0.276 e. The first-order valence-electron chi connectivity index (χ1n) is 5.01. The summed E-state index contributed by atoms with van der Waals surface area (Å²) in [5, 5.41) is 4.17. The standard InChI is InChI=1S/C11H19ClN2/c1-9(2)11(3,8-12)5-10-6-13-14(4)7-10/h6-7,9H,5,8H2,1-4H3. The summed E-state index contributed by atoms with van der Waals surface area (Å²) < 4.78 is 1.84. The molecule has 0 fully saturated rings. The van der Waals surface area contributed by atoms with Gasteiger partial charge in [0.1, 0.15) is 0 Å². The van der Waals surface area contributed by atoms with E-state index < -0.39 is 0 Å². The number of aromatic nitrogens is 2. The highest BCUT2D eigenvalue weighted by Crippen LogP contribution is 2.32. The highest BCUT2D eigenvalue weighted by atomic mass is 35.5. The van der Waals surface area contributed by atoms with Crippen molar-refractivity contribution in [2.24, 2.45) is 18.4 Å². The maximum atomic E-state index is 6.03. The summed E-state index contributed by atoms with van der Waals surface area (Å²) in [5.41, 5.74) is 1.44. The molecule has 0 saturated heterocycles. The average Bonchev–Trinajstić information content (AvgIpc) is 2.50. The first-order valence-corrected chi connectivity index (χ1v) is 5.55. The molecule has 0 amide bonds. The topological polar surface area (TPSA) is 17.8 Å². The quantitative estimate of drug-likeness (QED) is 0.705. The second-order valence-corrected chi connectivity index (χ2v) is 4.91. The average molecular weight is 215 g/mol. The Bertz CT molecular complexity index is 293. The van der Waals surface area contributed by atoms with Gasteiger partial charge in [-0.3, -0.25) is 4.68 Å². The van der Waals surface area contributed by atoms with Crippen LogP contribution in [0.15, 0.2) is 12.4 Å². The third-order valence-electron chi connectivity index (χ3n) is 3.07. The van der Waals surface area contributed by atoms with Crippen molar-refractivity contribution in [3.63, 3.8) is 0 Å². The molecule has 0 saturated carbocycles. The van der Waals surface area contributed by atoms with Crippen LogP contribution in [0.4, 0.5) is 0 Å². The number of hydrogen-bond acceptors (Lipinski definition) is 1. The fourth-order valence-corrected chi connectivity index (χ4v) is 1.84. The zero-order chi connectivity index (χ0) is 10.8. The van der Waals surface area contributed by atoms with Crippen LogP contribution in [0.5, 0.6) is 0 Å². The number of aryl methyl sites for hydroxylation is 1. The van der Waals surface area contributed by atoms with Gasteiger partial charge >= 0.3 is 0 Å². The van der Waals surface area contributed by atoms with E-state index in [1.807, 2.05) is 17.9 Å². The van der Waals surface area contributed by atoms with Crippen LogP contribution in [-0.2, 0) is 13.5 Å². The van der Waals surface area contributed by atoms with E-state index in [9.17, 15) is 0 Å². The predicted molar refractivity (Wildman–Crippen MR) is 60.6 cm³/mol. The molecule has 1 heterocycles. The van der Waals surface area contributed by atoms with Crippen LogP contribution in [0.2, 0.25) is 0 Å². The van der Waals surface area contributed by atoms with Crippen LogP contribution >= 0.6 is 11.6 Å². The second kappa shape index (κ2) is 4.35. The normalized spacial score (nSPS) is 15.9. The lowest BCUT2D eigenvalue weighted by Gasteiger charge is -2.31. The summed E-state index contributed by atoms with van der Waals surface area (Å²) in [6, 6.07) is 0. The highest BCUT2D eigenvalue weighted by molar-refractivity contribution is 6.18. The number of hydrogen-bond donors (Lipinski definition) is 0. The molecule has 0 spiro atoms. The number of halogens is 1. The van der Waals surface area contributed by atoms with Crippen LogP contribution in [-0.4, -0.2) is 15.7 Å². The Morgan fingerprint density at radius 3 is 2.57 bits per heavy atom. The zero-order valence-corrected chi connectivity index (χ0v) is 10.2. The maximum Gasteiger partial charge on any atom is 0.0521 e. The molecule has 14 heavy (non-hydrogen) atoms. The molecule has 1 atom stereocenters. The van der Waals surface area contributed by atoms with E-state index in [1.165, 1.54) is 5.56 Å². The first-order chi connectivity index (χ1) is 6.48. The smallest absolute Gasteiger partial charge is 0.0521 e. The van der Waals surface area contributed by atoms with Crippen molar-refractivity contribution in [2.75, 3.05) is 5.88 Å². The fraction of sp³-hybridized carbons (Fsp3) is 0.727. The SMILES string of the molecule is CC(C)C(C)(CCl)Cc1cnn(C)c1. The molecule has 3 heteroatoms. The first kappa shape index (κ1) is 11.6. The summed E-state index contributed by atoms with van der Waals surface area (Å²) in [6.07, 6.45) is 4.99. The number of rotatable bonds is 4. The van der Waals surface area contributed by atoms with Crippen molar-refractivity contribution in [1.82, 2.24) is 9.78 Å². The highest BCUT2D eigenvalue weighted by Gasteiger charge is 2.27. The summed E-state index contributed by atoms with van der Waals surface area (Å²) in [4.78, 5) is 0. The van der Waals surface area contributed by atoms with Crippen LogP contribution in [0, 0.1) is 11.3 Å². The van der Waals surface area contributed by atoms with Gasteiger partial charge in [-0.1, -0.05) is 20.8 Å². The van der Waals surface area contributed by atoms with Crippen LogP contribution in [0.3, 0.4) is 0 Å². The molecule has 0 aliphatic carbocycles. The Hall–Kier alpha value is -0.500. The van der Waals surface area contributed by atoms with Crippen LogP contribution in [0.1, 0.15) is 26.3 Å². The molecule has 0 aliphatic heterocycles. The molecule has 0 bridgehead atoms. The summed E-state index contributed by atoms with van der Waals surface area (Å²) in [6.45, 7) is 6.68. The van der Waals surface area contributed by atoms with Gasteiger partial charge in [-0.15, -0.1) is 11.6 Å². The van der Waals surface area contributed by atoms with Gasteiger partial charge in [0, 0.05) is 19.1 Å². The lowest BCUT2D eigenvalue weighted by Crippen LogP contribution is -2.28. The van der Waals surface area contributed by atoms with Gasteiger partial charge < -0.3 is 0 Å². The largest absolute Gasteiger partial charge is 0.276 e. The van der Waals surface area contributed by atoms with Crippen molar-refractivity contribution < 1.29 is 0 Å². The van der Waals surface area contributed by atoms with E-state index in [0.717, 1.165) is 6.42 Å². The summed E-state index contributed by atoms with van der Waals surface area (Å²) >= 11 is 6.03. The molecule has 0 aromatic carbocycles. The molecular weight excluding hydrogens is 196 g/mol. The summed E-state index contributed by atoms with van der Waals surface area (Å²) in [5.74, 6) is 1.28. The molecule has 1 aromatic heterocycles. The Morgan fingerprint density at radius 2 is 2.21 bits per heavy atom. The molecule has 1 unspecified atom stereocenters. The Morgan fingerprint density at radius 1 is 1.57 bits per heavy atom. The molecule has 2 nitrogen and oxygen atoms in total. The maximum absolute atomic E-state index is 6.03. The van der Waals surface area contributed by atoms with Crippen molar-refractivity contribution in [3.8, 4) is 0 Å². The van der Waals surface area contributed by atoms with Crippen LogP contribution in [0.25, 0.3) is 0 Å². The van der Waals surface area contributed by atoms with Crippen LogP contribution < -0.4 is 0 Å². The van der Waals surface area contributed by atoms with Gasteiger partial charge in [0.25, 0.3) is 0 Å². The molecule has 1 rings (SSSR count). The van der Waals surface area contributed by atoms with Gasteiger partial charge in [-0.25, -0.2) is 0 Å². The minimum atomic E-state index is 0.171. The zero-order valence-electron chi connectivity index (χ0n) is 9.42. The van der Waals surface area contributed by atoms with E-state index in [2.05, 4.69) is 32.1 Å².